The number of piperidine rings is 1. The number of amides is 1. The van der Waals surface area contributed by atoms with Crippen molar-refractivity contribution < 1.29 is 18.1 Å². The molecule has 2 aromatic carbocycles. The predicted octanol–water partition coefficient (Wildman–Crippen LogP) is 2.83. The van der Waals surface area contributed by atoms with Gasteiger partial charge in [0.25, 0.3) is 11.6 Å². The number of non-ortho nitro benzene ring substituents is 1. The summed E-state index contributed by atoms with van der Waals surface area (Å²) < 4.78 is 26.7. The molecule has 0 radical (unpaired) electrons. The first-order valence-corrected chi connectivity index (χ1v) is 10.4. The van der Waals surface area contributed by atoms with Crippen LogP contribution in [-0.4, -0.2) is 42.7 Å². The quantitative estimate of drug-likeness (QED) is 0.587. The smallest absolute Gasteiger partial charge is 0.269 e. The molecule has 3 rings (SSSR count). The molecule has 148 valence electrons. The molecule has 1 fully saturated rings. The van der Waals surface area contributed by atoms with Gasteiger partial charge in [0.2, 0.25) is 10.0 Å². The highest BCUT2D eigenvalue weighted by molar-refractivity contribution is 7.89. The molecule has 0 saturated carbocycles. The van der Waals surface area contributed by atoms with Crippen LogP contribution in [0.15, 0.2) is 53.4 Å². The molecule has 1 amide bonds. The van der Waals surface area contributed by atoms with E-state index in [2.05, 4.69) is 5.32 Å². The first kappa shape index (κ1) is 20.2. The van der Waals surface area contributed by atoms with E-state index in [4.69, 9.17) is 11.6 Å². The van der Waals surface area contributed by atoms with E-state index in [-0.39, 0.29) is 35.6 Å². The van der Waals surface area contributed by atoms with Gasteiger partial charge in [-0.15, -0.1) is 0 Å². The van der Waals surface area contributed by atoms with Gasteiger partial charge in [0, 0.05) is 41.9 Å². The van der Waals surface area contributed by atoms with Crippen LogP contribution in [0.2, 0.25) is 5.02 Å². The molecule has 1 aliphatic heterocycles. The largest absolute Gasteiger partial charge is 0.349 e. The number of nitrogens with one attached hydrogen (secondary N) is 1. The highest BCUT2D eigenvalue weighted by Crippen LogP contribution is 2.23. The van der Waals surface area contributed by atoms with Crippen LogP contribution >= 0.6 is 11.6 Å². The predicted molar refractivity (Wildman–Crippen MR) is 104 cm³/mol. The van der Waals surface area contributed by atoms with Crippen molar-refractivity contribution in [3.8, 4) is 0 Å². The van der Waals surface area contributed by atoms with Crippen molar-refractivity contribution in [2.24, 2.45) is 0 Å². The van der Waals surface area contributed by atoms with Crippen LogP contribution in [0, 0.1) is 10.1 Å². The van der Waals surface area contributed by atoms with Crippen molar-refractivity contribution in [2.45, 2.75) is 23.8 Å². The monoisotopic (exact) mass is 423 g/mol. The minimum absolute atomic E-state index is 0.0155. The van der Waals surface area contributed by atoms with Crippen LogP contribution in [0.4, 0.5) is 5.69 Å². The van der Waals surface area contributed by atoms with E-state index in [1.165, 1.54) is 28.6 Å². The fraction of sp³-hybridized carbons (Fsp3) is 0.278. The number of hydrogen-bond acceptors (Lipinski definition) is 5. The van der Waals surface area contributed by atoms with Gasteiger partial charge in [-0.1, -0.05) is 11.6 Å². The third-order valence-electron chi connectivity index (χ3n) is 4.58. The molecule has 1 aliphatic rings. The summed E-state index contributed by atoms with van der Waals surface area (Å²) in [5.41, 5.74) is 0.327. The number of hydrogen-bond donors (Lipinski definition) is 1. The van der Waals surface area contributed by atoms with Crippen molar-refractivity contribution in [1.82, 2.24) is 9.62 Å². The number of benzene rings is 2. The van der Waals surface area contributed by atoms with Gasteiger partial charge in [0.1, 0.15) is 0 Å². The zero-order valence-electron chi connectivity index (χ0n) is 14.7. The standard InChI is InChI=1S/C18H18ClN3O5S/c19-14-3-1-13(2-4-14)18(23)20-15-9-11-21(12-10-15)28(26,27)17-7-5-16(6-8-17)22(24)25/h1-8,15H,9-12H2,(H,20,23). The Morgan fingerprint density at radius 3 is 2.18 bits per heavy atom. The van der Waals surface area contributed by atoms with E-state index in [0.717, 1.165) is 0 Å². The molecule has 0 aromatic heterocycles. The first-order valence-electron chi connectivity index (χ1n) is 8.58. The summed E-state index contributed by atoms with van der Waals surface area (Å²) in [6.07, 6.45) is 0.955. The maximum absolute atomic E-state index is 12.7. The van der Waals surface area contributed by atoms with Crippen molar-refractivity contribution in [2.75, 3.05) is 13.1 Å². The van der Waals surface area contributed by atoms with E-state index in [9.17, 15) is 23.3 Å². The second-order valence-corrected chi connectivity index (χ2v) is 8.78. The van der Waals surface area contributed by atoms with Crippen LogP contribution in [0.3, 0.4) is 0 Å². The number of sulfonamides is 1. The molecule has 0 spiro atoms. The molecule has 2 aromatic rings. The zero-order chi connectivity index (χ0) is 20.3. The van der Waals surface area contributed by atoms with E-state index in [0.29, 0.717) is 23.4 Å². The highest BCUT2D eigenvalue weighted by Gasteiger charge is 2.30. The van der Waals surface area contributed by atoms with E-state index >= 15 is 0 Å². The average Bonchev–Trinajstić information content (AvgIpc) is 2.69. The van der Waals surface area contributed by atoms with Crippen molar-refractivity contribution in [1.29, 1.82) is 0 Å². The van der Waals surface area contributed by atoms with Gasteiger partial charge in [0.05, 0.1) is 9.82 Å². The molecule has 1 saturated heterocycles. The summed E-state index contributed by atoms with van der Waals surface area (Å²) in [7, 11) is -3.73. The molecular formula is C18H18ClN3O5S. The summed E-state index contributed by atoms with van der Waals surface area (Å²) in [5, 5.41) is 14.2. The Hall–Kier alpha value is -2.49. The van der Waals surface area contributed by atoms with Crippen molar-refractivity contribution in [3.63, 3.8) is 0 Å². The second kappa shape index (κ2) is 8.26. The molecule has 0 unspecified atom stereocenters. The molecule has 8 nitrogen and oxygen atoms in total. The highest BCUT2D eigenvalue weighted by atomic mass is 35.5. The number of nitrogens with zero attached hydrogens (tertiary/aromatic N) is 2. The van der Waals surface area contributed by atoms with E-state index < -0.39 is 14.9 Å². The lowest BCUT2D eigenvalue weighted by atomic mass is 10.1. The zero-order valence-corrected chi connectivity index (χ0v) is 16.3. The Labute approximate surface area is 167 Å². The van der Waals surface area contributed by atoms with Gasteiger partial charge in [-0.3, -0.25) is 14.9 Å². The summed E-state index contributed by atoms with van der Waals surface area (Å²) >= 11 is 5.81. The summed E-state index contributed by atoms with van der Waals surface area (Å²) in [6, 6.07) is 11.2. The lowest BCUT2D eigenvalue weighted by Crippen LogP contribution is -2.46. The maximum Gasteiger partial charge on any atom is 0.269 e. The Morgan fingerprint density at radius 2 is 1.64 bits per heavy atom. The number of carbonyl (C=O) groups excluding carboxylic acids is 1. The summed E-state index contributed by atoms with van der Waals surface area (Å²) in [6.45, 7) is 0.510. The minimum Gasteiger partial charge on any atom is -0.349 e. The molecule has 1 heterocycles. The molecule has 28 heavy (non-hydrogen) atoms. The summed E-state index contributed by atoms with van der Waals surface area (Å²) in [5.74, 6) is -0.228. The molecule has 1 N–H and O–H groups in total. The molecule has 0 aliphatic carbocycles. The van der Waals surface area contributed by atoms with Gasteiger partial charge < -0.3 is 5.32 Å². The normalized spacial score (nSPS) is 15.9. The molecule has 0 atom stereocenters. The summed E-state index contributed by atoms with van der Waals surface area (Å²) in [4.78, 5) is 22.4. The second-order valence-electron chi connectivity index (χ2n) is 6.41. The number of carbonyl (C=O) groups is 1. The Balaban J connectivity index is 1.60. The fourth-order valence-electron chi connectivity index (χ4n) is 3.00. The van der Waals surface area contributed by atoms with Crippen LogP contribution in [0.5, 0.6) is 0 Å². The van der Waals surface area contributed by atoms with Crippen LogP contribution in [0.25, 0.3) is 0 Å². The SMILES string of the molecule is O=C(NC1CCN(S(=O)(=O)c2ccc([N+](=O)[O-])cc2)CC1)c1ccc(Cl)cc1. The van der Waals surface area contributed by atoms with E-state index in [1.807, 2.05) is 0 Å². The Morgan fingerprint density at radius 1 is 1.07 bits per heavy atom. The maximum atomic E-state index is 12.7. The number of nitro benzene ring substituents is 1. The molecule has 10 heteroatoms. The van der Waals surface area contributed by atoms with Crippen LogP contribution in [-0.2, 0) is 10.0 Å². The van der Waals surface area contributed by atoms with Gasteiger partial charge in [-0.25, -0.2) is 8.42 Å². The molecule has 0 bridgehead atoms. The van der Waals surface area contributed by atoms with Crippen LogP contribution < -0.4 is 5.32 Å². The van der Waals surface area contributed by atoms with E-state index in [1.54, 1.807) is 24.3 Å². The number of nitro groups is 1. The Bertz CT molecular complexity index is 969. The van der Waals surface area contributed by atoms with Crippen molar-refractivity contribution in [3.05, 3.63) is 69.2 Å². The third kappa shape index (κ3) is 4.49. The first-order chi connectivity index (χ1) is 13.3. The molecular weight excluding hydrogens is 406 g/mol. The fourth-order valence-corrected chi connectivity index (χ4v) is 4.60. The van der Waals surface area contributed by atoms with Gasteiger partial charge in [0.15, 0.2) is 0 Å². The van der Waals surface area contributed by atoms with Gasteiger partial charge >= 0.3 is 0 Å². The average molecular weight is 424 g/mol. The van der Waals surface area contributed by atoms with Gasteiger partial charge in [-0.2, -0.15) is 4.31 Å². The lowest BCUT2D eigenvalue weighted by Gasteiger charge is -2.31. The lowest BCUT2D eigenvalue weighted by molar-refractivity contribution is -0.384. The minimum atomic E-state index is -3.73. The number of rotatable bonds is 5. The third-order valence-corrected chi connectivity index (χ3v) is 6.75. The van der Waals surface area contributed by atoms with Crippen LogP contribution in [0.1, 0.15) is 23.2 Å². The van der Waals surface area contributed by atoms with Gasteiger partial charge in [-0.05, 0) is 49.2 Å². The van der Waals surface area contributed by atoms with Crippen molar-refractivity contribution >= 4 is 33.2 Å². The Kier molecular flexibility index (Phi) is 5.97. The number of halogens is 1. The topological polar surface area (TPSA) is 110 Å².